The number of hydrazine groups is 1. The zero-order chi connectivity index (χ0) is 22.7. The maximum atomic E-state index is 14.0. The van der Waals surface area contributed by atoms with Crippen molar-refractivity contribution in [3.8, 4) is 5.75 Å². The Morgan fingerprint density at radius 2 is 1.78 bits per heavy atom. The lowest BCUT2D eigenvalue weighted by molar-refractivity contribution is 0.0925. The van der Waals surface area contributed by atoms with Crippen LogP contribution in [0.25, 0.3) is 5.65 Å². The molecular formula is C24H22F2N4O2. The molecule has 0 aliphatic carbocycles. The van der Waals surface area contributed by atoms with Crippen LogP contribution in [0.2, 0.25) is 0 Å². The Balaban J connectivity index is 1.56. The van der Waals surface area contributed by atoms with Crippen LogP contribution in [0.1, 0.15) is 32.9 Å². The maximum absolute atomic E-state index is 14.0. The second kappa shape index (κ2) is 9.15. The van der Waals surface area contributed by atoms with E-state index >= 15 is 0 Å². The van der Waals surface area contributed by atoms with Crippen LogP contribution >= 0.6 is 0 Å². The van der Waals surface area contributed by atoms with Crippen LogP contribution in [0.3, 0.4) is 0 Å². The Kier molecular flexibility index (Phi) is 6.13. The minimum Gasteiger partial charge on any atom is -0.485 e. The van der Waals surface area contributed by atoms with Gasteiger partial charge in [0.1, 0.15) is 23.9 Å². The standard InChI is InChI=1S/C24H22F2N4O2/c1-15-11-21(32-14-18-19(25)9-6-10-20(18)26)23-28-16(2)22(30(23)13-15)24(31)29-27-12-17-7-4-3-5-8-17/h3-11,13,27H,12,14H2,1-2H3,(H,29,31). The molecule has 0 radical (unpaired) electrons. The molecule has 2 aromatic carbocycles. The third-order valence-corrected chi connectivity index (χ3v) is 4.98. The molecule has 8 heteroatoms. The second-order valence-corrected chi connectivity index (χ2v) is 7.40. The van der Waals surface area contributed by atoms with E-state index in [2.05, 4.69) is 15.8 Å². The van der Waals surface area contributed by atoms with Gasteiger partial charge >= 0.3 is 0 Å². The number of pyridine rings is 1. The van der Waals surface area contributed by atoms with E-state index in [1.54, 1.807) is 23.6 Å². The molecule has 4 aromatic rings. The van der Waals surface area contributed by atoms with Crippen molar-refractivity contribution in [3.05, 3.63) is 101 Å². The molecule has 32 heavy (non-hydrogen) atoms. The summed E-state index contributed by atoms with van der Waals surface area (Å²) in [6.45, 7) is 3.71. The molecule has 0 bridgehead atoms. The van der Waals surface area contributed by atoms with E-state index in [1.807, 2.05) is 37.3 Å². The van der Waals surface area contributed by atoms with Gasteiger partial charge in [-0.1, -0.05) is 36.4 Å². The SMILES string of the molecule is Cc1cc(OCc2c(F)cccc2F)c2nc(C)c(C(=O)NNCc3ccccc3)n2c1. The minimum absolute atomic E-state index is 0.168. The van der Waals surface area contributed by atoms with Gasteiger partial charge in [-0.15, -0.1) is 0 Å². The molecule has 2 heterocycles. The molecule has 0 atom stereocenters. The Labute approximate surface area is 183 Å². The first-order valence-corrected chi connectivity index (χ1v) is 10.1. The number of hydrogen-bond acceptors (Lipinski definition) is 4. The van der Waals surface area contributed by atoms with E-state index in [9.17, 15) is 13.6 Å². The first kappa shape index (κ1) is 21.5. The van der Waals surface area contributed by atoms with Crippen LogP contribution in [0.4, 0.5) is 8.78 Å². The first-order chi connectivity index (χ1) is 15.4. The average Bonchev–Trinajstić information content (AvgIpc) is 3.09. The summed E-state index contributed by atoms with van der Waals surface area (Å²) >= 11 is 0. The molecule has 6 nitrogen and oxygen atoms in total. The lowest BCUT2D eigenvalue weighted by Gasteiger charge is -2.11. The number of nitrogens with one attached hydrogen (secondary N) is 2. The van der Waals surface area contributed by atoms with Gasteiger partial charge in [-0.05, 0) is 43.2 Å². The molecule has 0 aliphatic heterocycles. The third kappa shape index (κ3) is 4.45. The van der Waals surface area contributed by atoms with Gasteiger partial charge in [-0.3, -0.25) is 14.6 Å². The predicted octanol–water partition coefficient (Wildman–Crippen LogP) is 4.24. The monoisotopic (exact) mass is 436 g/mol. The van der Waals surface area contributed by atoms with Gasteiger partial charge in [0.15, 0.2) is 11.4 Å². The number of fused-ring (bicyclic) bond motifs is 1. The van der Waals surface area contributed by atoms with Gasteiger partial charge in [0.25, 0.3) is 5.91 Å². The van der Waals surface area contributed by atoms with Crippen LogP contribution in [-0.4, -0.2) is 15.3 Å². The van der Waals surface area contributed by atoms with Crippen molar-refractivity contribution >= 4 is 11.6 Å². The molecule has 4 rings (SSSR count). The normalized spacial score (nSPS) is 11.0. The van der Waals surface area contributed by atoms with Crippen LogP contribution < -0.4 is 15.6 Å². The number of ether oxygens (including phenoxy) is 1. The number of rotatable bonds is 7. The number of nitrogens with zero attached hydrogens (tertiary/aromatic N) is 2. The molecule has 0 spiro atoms. The summed E-state index contributed by atoms with van der Waals surface area (Å²) in [6.07, 6.45) is 1.76. The Bertz CT molecular complexity index is 1250. The van der Waals surface area contributed by atoms with Gasteiger partial charge in [-0.2, -0.15) is 0 Å². The van der Waals surface area contributed by atoms with E-state index in [0.29, 0.717) is 29.3 Å². The highest BCUT2D eigenvalue weighted by molar-refractivity contribution is 5.94. The highest BCUT2D eigenvalue weighted by Gasteiger charge is 2.20. The Hall–Kier alpha value is -3.78. The summed E-state index contributed by atoms with van der Waals surface area (Å²) < 4.78 is 35.3. The molecular weight excluding hydrogens is 414 g/mol. The van der Waals surface area contributed by atoms with Gasteiger partial charge in [0.2, 0.25) is 0 Å². The van der Waals surface area contributed by atoms with Crippen molar-refractivity contribution < 1.29 is 18.3 Å². The van der Waals surface area contributed by atoms with Crippen LogP contribution in [0.5, 0.6) is 5.75 Å². The molecule has 2 aromatic heterocycles. The van der Waals surface area contributed by atoms with E-state index in [0.717, 1.165) is 11.1 Å². The molecule has 164 valence electrons. The number of amides is 1. The van der Waals surface area contributed by atoms with Crippen LogP contribution in [-0.2, 0) is 13.2 Å². The average molecular weight is 436 g/mol. The van der Waals surface area contributed by atoms with Gasteiger partial charge < -0.3 is 4.74 Å². The first-order valence-electron chi connectivity index (χ1n) is 10.1. The largest absolute Gasteiger partial charge is 0.485 e. The topological polar surface area (TPSA) is 67.7 Å². The molecule has 0 fully saturated rings. The number of aryl methyl sites for hydroxylation is 2. The number of carbonyl (C=O) groups is 1. The smallest absolute Gasteiger partial charge is 0.284 e. The second-order valence-electron chi connectivity index (χ2n) is 7.40. The zero-order valence-corrected chi connectivity index (χ0v) is 17.7. The Morgan fingerprint density at radius 3 is 2.50 bits per heavy atom. The lowest BCUT2D eigenvalue weighted by Crippen LogP contribution is -2.37. The van der Waals surface area contributed by atoms with Gasteiger partial charge in [-0.25, -0.2) is 19.2 Å². The summed E-state index contributed by atoms with van der Waals surface area (Å²) in [5.41, 5.74) is 8.48. The fourth-order valence-corrected chi connectivity index (χ4v) is 3.44. The number of benzene rings is 2. The van der Waals surface area contributed by atoms with Gasteiger partial charge in [0.05, 0.1) is 11.3 Å². The molecule has 0 unspecified atom stereocenters. The molecule has 0 aliphatic rings. The van der Waals surface area contributed by atoms with E-state index in [4.69, 9.17) is 4.74 Å². The molecule has 0 saturated heterocycles. The zero-order valence-electron chi connectivity index (χ0n) is 17.7. The van der Waals surface area contributed by atoms with Crippen LogP contribution in [0.15, 0.2) is 60.8 Å². The van der Waals surface area contributed by atoms with Crippen LogP contribution in [0, 0.1) is 25.5 Å². The quantitative estimate of drug-likeness (QED) is 0.425. The van der Waals surface area contributed by atoms with Crippen molar-refractivity contribution in [3.63, 3.8) is 0 Å². The van der Waals surface area contributed by atoms with Crippen molar-refractivity contribution in [2.24, 2.45) is 0 Å². The fourth-order valence-electron chi connectivity index (χ4n) is 3.44. The summed E-state index contributed by atoms with van der Waals surface area (Å²) in [4.78, 5) is 17.3. The van der Waals surface area contributed by atoms with Crippen molar-refractivity contribution in [2.75, 3.05) is 0 Å². The fraction of sp³-hybridized carbons (Fsp3) is 0.167. The highest BCUT2D eigenvalue weighted by Crippen LogP contribution is 2.26. The van der Waals surface area contributed by atoms with E-state index in [1.165, 1.54) is 18.2 Å². The maximum Gasteiger partial charge on any atom is 0.284 e. The minimum atomic E-state index is -0.683. The van der Waals surface area contributed by atoms with E-state index in [-0.39, 0.29) is 18.1 Å². The summed E-state index contributed by atoms with van der Waals surface area (Å²) in [5, 5.41) is 0. The number of aromatic nitrogens is 2. The third-order valence-electron chi connectivity index (χ3n) is 4.98. The number of carbonyl (C=O) groups excluding carboxylic acids is 1. The molecule has 1 amide bonds. The molecule has 2 N–H and O–H groups in total. The lowest BCUT2D eigenvalue weighted by atomic mass is 10.2. The predicted molar refractivity (Wildman–Crippen MR) is 116 cm³/mol. The summed E-state index contributed by atoms with van der Waals surface area (Å²) in [7, 11) is 0. The highest BCUT2D eigenvalue weighted by atomic mass is 19.1. The number of halogens is 2. The number of hydrogen-bond donors (Lipinski definition) is 2. The van der Waals surface area contributed by atoms with Crippen molar-refractivity contribution in [1.82, 2.24) is 20.2 Å². The van der Waals surface area contributed by atoms with Crippen molar-refractivity contribution in [2.45, 2.75) is 27.0 Å². The molecule has 0 saturated carbocycles. The van der Waals surface area contributed by atoms with Gasteiger partial charge in [0, 0.05) is 12.7 Å². The Morgan fingerprint density at radius 1 is 1.06 bits per heavy atom. The number of imidazole rings is 1. The van der Waals surface area contributed by atoms with E-state index < -0.39 is 11.6 Å². The summed E-state index contributed by atoms with van der Waals surface area (Å²) in [5.74, 6) is -1.40. The summed E-state index contributed by atoms with van der Waals surface area (Å²) in [6, 6.07) is 15.0. The van der Waals surface area contributed by atoms with Crippen molar-refractivity contribution in [1.29, 1.82) is 0 Å².